The summed E-state index contributed by atoms with van der Waals surface area (Å²) in [6.45, 7) is 1.92. The second-order valence-electron chi connectivity index (χ2n) is 10.2. The average Bonchev–Trinajstić information content (AvgIpc) is 3.58. The number of methoxy groups -OCH3 is 1. The second-order valence-corrected chi connectivity index (χ2v) is 10.2. The lowest BCUT2D eigenvalue weighted by Gasteiger charge is -2.29. The number of fused-ring (bicyclic) bond motifs is 2. The Morgan fingerprint density at radius 3 is 2.69 bits per heavy atom. The third kappa shape index (κ3) is 4.36. The number of hydrogen-bond acceptors (Lipinski definition) is 8. The number of urea groups is 1. The molecule has 5 heterocycles. The number of nitrogens with zero attached hydrogens (tertiary/aromatic N) is 3. The number of piperidine rings is 1. The molecule has 2 saturated heterocycles. The number of hydrogen-bond donors (Lipinski definition) is 3. The summed E-state index contributed by atoms with van der Waals surface area (Å²) in [5, 5.41) is 7.97. The molecule has 1 aromatic carbocycles. The van der Waals surface area contributed by atoms with Crippen molar-refractivity contribution in [3.63, 3.8) is 0 Å². The Morgan fingerprint density at radius 2 is 1.97 bits per heavy atom. The van der Waals surface area contributed by atoms with E-state index in [4.69, 9.17) is 9.15 Å². The predicted molar refractivity (Wildman–Crippen MR) is 138 cm³/mol. The minimum atomic E-state index is -1.67. The molecule has 12 heteroatoms. The number of benzene rings is 1. The van der Waals surface area contributed by atoms with Gasteiger partial charge in [0.05, 0.1) is 13.7 Å². The van der Waals surface area contributed by atoms with Gasteiger partial charge >= 0.3 is 6.03 Å². The first-order valence-electron chi connectivity index (χ1n) is 12.8. The molecule has 0 unspecified atom stereocenters. The van der Waals surface area contributed by atoms with E-state index in [1.54, 1.807) is 30.3 Å². The molecule has 1 atom stereocenters. The van der Waals surface area contributed by atoms with E-state index in [9.17, 15) is 19.2 Å². The molecule has 0 bridgehead atoms. The van der Waals surface area contributed by atoms with Crippen LogP contribution in [0, 0.1) is 0 Å². The summed E-state index contributed by atoms with van der Waals surface area (Å²) in [5.74, 6) is -0.564. The topological polar surface area (TPSA) is 146 Å². The van der Waals surface area contributed by atoms with Gasteiger partial charge in [-0.2, -0.15) is 0 Å². The van der Waals surface area contributed by atoms with Crippen LogP contribution in [0.15, 0.2) is 40.8 Å². The van der Waals surface area contributed by atoms with E-state index in [1.807, 2.05) is 0 Å². The van der Waals surface area contributed by atoms with Crippen molar-refractivity contribution in [3.8, 4) is 5.75 Å². The van der Waals surface area contributed by atoms with Crippen LogP contribution in [0.4, 0.5) is 4.79 Å². The number of carbonyl (C=O) groups excluding carboxylic acids is 4. The van der Waals surface area contributed by atoms with E-state index >= 15 is 0 Å². The third-order valence-electron chi connectivity index (χ3n) is 7.65. The van der Waals surface area contributed by atoms with E-state index in [0.29, 0.717) is 22.4 Å². The van der Waals surface area contributed by atoms with Gasteiger partial charge in [0.1, 0.15) is 22.7 Å². The number of furan rings is 1. The number of rotatable bonds is 6. The lowest BCUT2D eigenvalue weighted by Crippen LogP contribution is -2.52. The monoisotopic (exact) mass is 532 g/mol. The van der Waals surface area contributed by atoms with Gasteiger partial charge in [-0.15, -0.1) is 0 Å². The van der Waals surface area contributed by atoms with Gasteiger partial charge < -0.3 is 29.6 Å². The molecule has 3 aliphatic heterocycles. The normalized spacial score (nSPS) is 21.7. The molecule has 39 heavy (non-hydrogen) atoms. The third-order valence-corrected chi connectivity index (χ3v) is 7.65. The van der Waals surface area contributed by atoms with Gasteiger partial charge in [0.2, 0.25) is 0 Å². The molecule has 12 nitrogen and oxygen atoms in total. The molecule has 0 aliphatic carbocycles. The van der Waals surface area contributed by atoms with Crippen LogP contribution >= 0.6 is 0 Å². The first-order valence-corrected chi connectivity index (χ1v) is 12.8. The largest absolute Gasteiger partial charge is 0.497 e. The minimum absolute atomic E-state index is 0.0777. The maximum absolute atomic E-state index is 13.2. The quantitative estimate of drug-likeness (QED) is 0.404. The highest BCUT2D eigenvalue weighted by Crippen LogP contribution is 2.34. The Labute approximate surface area is 223 Å². The summed E-state index contributed by atoms with van der Waals surface area (Å²) in [6, 6.07) is 9.31. The van der Waals surface area contributed by atoms with Gasteiger partial charge in [-0.3, -0.25) is 19.7 Å². The first kappa shape index (κ1) is 24.9. The maximum atomic E-state index is 13.2. The van der Waals surface area contributed by atoms with Crippen molar-refractivity contribution in [2.45, 2.75) is 31.0 Å². The predicted octanol–water partition coefficient (Wildman–Crippen LogP) is 1.35. The Morgan fingerprint density at radius 1 is 1.18 bits per heavy atom. The van der Waals surface area contributed by atoms with E-state index in [0.717, 1.165) is 31.5 Å². The summed E-state index contributed by atoms with van der Waals surface area (Å²) in [5.41, 5.74) is 0.510. The number of aromatic nitrogens is 1. The smallest absolute Gasteiger partial charge is 0.322 e. The number of likely N-dealkylation sites (tertiary alicyclic amines) is 1. The fourth-order valence-electron chi connectivity index (χ4n) is 5.41. The first-order chi connectivity index (χ1) is 18.8. The molecule has 2 fully saturated rings. The van der Waals surface area contributed by atoms with Crippen LogP contribution in [-0.2, 0) is 16.9 Å². The molecule has 5 amide bonds. The number of carbonyl (C=O) groups is 4. The highest BCUT2D eigenvalue weighted by Gasteiger charge is 2.53. The zero-order valence-electron chi connectivity index (χ0n) is 21.6. The van der Waals surface area contributed by atoms with Crippen LogP contribution in [0.3, 0.4) is 0 Å². The van der Waals surface area contributed by atoms with Gasteiger partial charge in [0.25, 0.3) is 17.7 Å². The Hall–Kier alpha value is -4.45. The zero-order chi connectivity index (χ0) is 27.3. The van der Waals surface area contributed by atoms with Gasteiger partial charge in [-0.05, 0) is 62.8 Å². The van der Waals surface area contributed by atoms with Gasteiger partial charge in [-0.25, -0.2) is 9.78 Å². The van der Waals surface area contributed by atoms with Crippen molar-refractivity contribution in [1.82, 2.24) is 30.7 Å². The summed E-state index contributed by atoms with van der Waals surface area (Å²) >= 11 is 0. The van der Waals surface area contributed by atoms with Crippen LogP contribution in [0.1, 0.15) is 45.0 Å². The van der Waals surface area contributed by atoms with Gasteiger partial charge in [-0.1, -0.05) is 6.07 Å². The maximum Gasteiger partial charge on any atom is 0.322 e. The van der Waals surface area contributed by atoms with Crippen molar-refractivity contribution >= 4 is 34.9 Å². The van der Waals surface area contributed by atoms with Crippen molar-refractivity contribution in [3.05, 3.63) is 59.0 Å². The van der Waals surface area contributed by atoms with Crippen LogP contribution in [0.25, 0.3) is 11.1 Å². The number of ether oxygens (including phenoxy) is 1. The summed E-state index contributed by atoms with van der Waals surface area (Å²) < 4.78 is 11.2. The summed E-state index contributed by atoms with van der Waals surface area (Å²) in [6.07, 6.45) is 1.73. The fourth-order valence-corrected chi connectivity index (χ4v) is 5.41. The summed E-state index contributed by atoms with van der Waals surface area (Å²) in [4.78, 5) is 59.7. The molecule has 6 rings (SSSR count). The van der Waals surface area contributed by atoms with Crippen molar-refractivity contribution in [2.75, 3.05) is 33.8 Å². The molecule has 0 spiro atoms. The highest BCUT2D eigenvalue weighted by atomic mass is 16.5. The molecule has 3 aromatic rings. The van der Waals surface area contributed by atoms with Crippen LogP contribution in [0.5, 0.6) is 5.75 Å². The SMILES string of the molecule is COc1ccc2c(c1)C(=O)N(C[C@@]1(c3cc4nc(C(=O)NC5CCN(C)CC5)ccc4o3)NC(=O)NC1=O)C2. The number of pyridine rings is 1. The summed E-state index contributed by atoms with van der Waals surface area (Å²) in [7, 11) is 3.57. The Kier molecular flexibility index (Phi) is 5.98. The Balaban J connectivity index is 1.28. The van der Waals surface area contributed by atoms with Crippen LogP contribution in [-0.4, -0.2) is 78.4 Å². The zero-order valence-corrected chi connectivity index (χ0v) is 21.6. The van der Waals surface area contributed by atoms with Crippen molar-refractivity contribution in [2.24, 2.45) is 0 Å². The van der Waals surface area contributed by atoms with E-state index < -0.39 is 17.5 Å². The van der Waals surface area contributed by atoms with Crippen molar-refractivity contribution in [1.29, 1.82) is 0 Å². The minimum Gasteiger partial charge on any atom is -0.497 e. The van der Waals surface area contributed by atoms with E-state index in [-0.39, 0.29) is 42.4 Å². The molecular formula is C27H28N6O6. The lowest BCUT2D eigenvalue weighted by molar-refractivity contribution is -0.125. The molecular weight excluding hydrogens is 504 g/mol. The number of imide groups is 1. The molecule has 2 aromatic heterocycles. The molecule has 202 valence electrons. The fraction of sp³-hybridized carbons (Fsp3) is 0.370. The van der Waals surface area contributed by atoms with Crippen molar-refractivity contribution < 1.29 is 28.3 Å². The molecule has 3 N–H and O–H groups in total. The highest BCUT2D eigenvalue weighted by molar-refractivity contribution is 6.08. The molecule has 0 saturated carbocycles. The Bertz CT molecular complexity index is 1510. The van der Waals surface area contributed by atoms with E-state index in [1.165, 1.54) is 18.1 Å². The lowest BCUT2D eigenvalue weighted by atomic mass is 9.95. The number of nitrogens with one attached hydrogen (secondary N) is 3. The molecule has 3 aliphatic rings. The van der Waals surface area contributed by atoms with E-state index in [2.05, 4.69) is 32.9 Å². The standard InChI is InChI=1S/C27H28N6O6/c1-32-9-7-16(8-10-32)28-23(34)19-5-6-21-20(29-19)12-22(39-21)27(25(36)30-26(37)31-27)14-33-13-15-3-4-17(38-2)11-18(15)24(33)35/h3-6,11-12,16H,7-10,13-14H2,1-2H3,(H,28,34)(H2,30,31,36,37)/t27-/m0/s1. The average molecular weight is 533 g/mol. The van der Waals surface area contributed by atoms with Crippen LogP contribution < -0.4 is 20.7 Å². The van der Waals surface area contributed by atoms with Crippen LogP contribution in [0.2, 0.25) is 0 Å². The second kappa shape index (κ2) is 9.38. The van der Waals surface area contributed by atoms with Gasteiger partial charge in [0.15, 0.2) is 11.1 Å². The van der Waals surface area contributed by atoms with Gasteiger partial charge in [0, 0.05) is 24.2 Å². The molecule has 0 radical (unpaired) electrons. The number of amides is 5.